The fourth-order valence-electron chi connectivity index (χ4n) is 4.13. The summed E-state index contributed by atoms with van der Waals surface area (Å²) in [4.78, 5) is 30.4. The van der Waals surface area contributed by atoms with Crippen LogP contribution < -0.4 is 0 Å². The number of nitrogens with zero attached hydrogens (tertiary/aromatic N) is 2. The van der Waals surface area contributed by atoms with Gasteiger partial charge in [-0.05, 0) is 49.2 Å². The molecule has 2 aliphatic rings. The maximum Gasteiger partial charge on any atom is 0.224 e. The number of piperidine rings is 1. The zero-order chi connectivity index (χ0) is 20.8. The van der Waals surface area contributed by atoms with Crippen LogP contribution in [0.2, 0.25) is 0 Å². The monoisotopic (exact) mass is 400 g/mol. The van der Waals surface area contributed by atoms with Gasteiger partial charge in [0.05, 0.1) is 0 Å². The van der Waals surface area contributed by atoms with E-state index in [1.807, 2.05) is 77.7 Å². The van der Waals surface area contributed by atoms with Gasteiger partial charge < -0.3 is 9.80 Å². The summed E-state index contributed by atoms with van der Waals surface area (Å²) in [6, 6.07) is 19.7. The van der Waals surface area contributed by atoms with Crippen molar-refractivity contribution in [3.63, 3.8) is 0 Å². The third-order valence-electron chi connectivity index (χ3n) is 5.78. The molecule has 0 bridgehead atoms. The summed E-state index contributed by atoms with van der Waals surface area (Å²) in [5.41, 5.74) is 3.30. The Morgan fingerprint density at radius 2 is 1.30 bits per heavy atom. The third kappa shape index (κ3) is 5.14. The van der Waals surface area contributed by atoms with Gasteiger partial charge in [0.1, 0.15) is 0 Å². The lowest BCUT2D eigenvalue weighted by atomic mass is 9.94. The van der Waals surface area contributed by atoms with Crippen molar-refractivity contribution in [3.05, 3.63) is 82.9 Å². The topological polar surface area (TPSA) is 40.6 Å². The van der Waals surface area contributed by atoms with E-state index in [9.17, 15) is 9.59 Å². The molecule has 4 nitrogen and oxygen atoms in total. The molecule has 0 unspecified atom stereocenters. The lowest BCUT2D eigenvalue weighted by molar-refractivity contribution is -0.131. The van der Waals surface area contributed by atoms with Crippen LogP contribution in [-0.2, 0) is 9.59 Å². The van der Waals surface area contributed by atoms with E-state index in [1.54, 1.807) is 0 Å². The highest BCUT2D eigenvalue weighted by atomic mass is 16.2. The molecule has 2 fully saturated rings. The molecule has 2 aliphatic heterocycles. The van der Waals surface area contributed by atoms with Crippen molar-refractivity contribution in [2.45, 2.75) is 19.3 Å². The van der Waals surface area contributed by atoms with Gasteiger partial charge in [-0.25, -0.2) is 0 Å². The van der Waals surface area contributed by atoms with E-state index < -0.39 is 0 Å². The van der Waals surface area contributed by atoms with Crippen LogP contribution in [0.1, 0.15) is 30.4 Å². The van der Waals surface area contributed by atoms with E-state index in [4.69, 9.17) is 0 Å². The quantitative estimate of drug-likeness (QED) is 0.711. The maximum absolute atomic E-state index is 13.2. The van der Waals surface area contributed by atoms with Crippen LogP contribution >= 0.6 is 0 Å². The molecule has 0 radical (unpaired) electrons. The fourth-order valence-corrected chi connectivity index (χ4v) is 4.13. The number of carbonyl (C=O) groups excluding carboxylic acids is 2. The number of likely N-dealkylation sites (tertiary alicyclic amines) is 2. The largest absolute Gasteiger partial charge is 0.334 e. The molecule has 154 valence electrons. The van der Waals surface area contributed by atoms with Crippen LogP contribution in [0.15, 0.2) is 71.8 Å². The molecular formula is C26H28N2O2. The number of Topliss-reactive ketones (excluding diaryl/α,β-unsaturated/α-hetero) is 1. The molecule has 30 heavy (non-hydrogen) atoms. The molecule has 2 heterocycles. The molecule has 4 rings (SSSR count). The Kier molecular flexibility index (Phi) is 6.55. The number of carbonyl (C=O) groups is 2. The lowest BCUT2D eigenvalue weighted by Gasteiger charge is -2.30. The smallest absolute Gasteiger partial charge is 0.224 e. The third-order valence-corrected chi connectivity index (χ3v) is 5.78. The summed E-state index contributed by atoms with van der Waals surface area (Å²) in [7, 11) is 0. The van der Waals surface area contributed by atoms with Gasteiger partial charge in [-0.15, -0.1) is 0 Å². The van der Waals surface area contributed by atoms with Crippen molar-refractivity contribution in [3.8, 4) is 0 Å². The number of hydrogen-bond donors (Lipinski definition) is 0. The summed E-state index contributed by atoms with van der Waals surface area (Å²) in [6.45, 7) is 3.73. The lowest BCUT2D eigenvalue weighted by Crippen LogP contribution is -2.42. The van der Waals surface area contributed by atoms with Crippen molar-refractivity contribution >= 4 is 23.8 Å². The highest BCUT2D eigenvalue weighted by Gasteiger charge is 2.29. The molecule has 1 amide bonds. The fraction of sp³-hybridized carbons (Fsp3) is 0.308. The van der Waals surface area contributed by atoms with Crippen molar-refractivity contribution in [1.82, 2.24) is 9.80 Å². The van der Waals surface area contributed by atoms with Gasteiger partial charge in [-0.3, -0.25) is 9.59 Å². The average molecular weight is 401 g/mol. The normalized spacial score (nSPS) is 20.3. The predicted molar refractivity (Wildman–Crippen MR) is 121 cm³/mol. The molecule has 4 heteroatoms. The van der Waals surface area contributed by atoms with Crippen LogP contribution in [0.3, 0.4) is 0 Å². The first-order valence-corrected chi connectivity index (χ1v) is 10.7. The Hall–Kier alpha value is -2.98. The van der Waals surface area contributed by atoms with Crippen molar-refractivity contribution < 1.29 is 9.59 Å². The van der Waals surface area contributed by atoms with E-state index in [0.717, 1.165) is 30.8 Å². The highest BCUT2D eigenvalue weighted by Crippen LogP contribution is 2.23. The van der Waals surface area contributed by atoms with Crippen LogP contribution in [0, 0.1) is 0 Å². The molecular weight excluding hydrogens is 372 g/mol. The highest BCUT2D eigenvalue weighted by molar-refractivity contribution is 6.15. The summed E-state index contributed by atoms with van der Waals surface area (Å²) in [6.07, 6.45) is 6.79. The number of hydrogen-bond acceptors (Lipinski definition) is 3. The van der Waals surface area contributed by atoms with Crippen LogP contribution in [0.4, 0.5) is 0 Å². The minimum atomic E-state index is 0.0336. The first-order valence-electron chi connectivity index (χ1n) is 10.7. The Morgan fingerprint density at radius 1 is 0.800 bits per heavy atom. The molecule has 0 atom stereocenters. The molecule has 2 aromatic rings. The van der Waals surface area contributed by atoms with E-state index >= 15 is 0 Å². The predicted octanol–water partition coefficient (Wildman–Crippen LogP) is 4.05. The number of amides is 1. The molecule has 0 spiro atoms. The second-order valence-electron chi connectivity index (χ2n) is 8.04. The van der Waals surface area contributed by atoms with Gasteiger partial charge in [-0.2, -0.15) is 0 Å². The van der Waals surface area contributed by atoms with Crippen LogP contribution in [0.25, 0.3) is 12.2 Å². The van der Waals surface area contributed by atoms with Gasteiger partial charge in [0.2, 0.25) is 5.91 Å². The molecule has 0 aromatic heterocycles. The summed E-state index contributed by atoms with van der Waals surface area (Å²) < 4.78 is 0. The Bertz CT molecular complexity index is 880. The van der Waals surface area contributed by atoms with Gasteiger partial charge in [0.15, 0.2) is 5.78 Å². The minimum Gasteiger partial charge on any atom is -0.334 e. The molecule has 2 saturated heterocycles. The van der Waals surface area contributed by atoms with E-state index in [-0.39, 0.29) is 11.7 Å². The van der Waals surface area contributed by atoms with Crippen LogP contribution in [-0.4, -0.2) is 54.2 Å². The number of benzene rings is 2. The number of rotatable bonds is 5. The summed E-state index contributed by atoms with van der Waals surface area (Å²) in [5.74, 6) is 0.152. The zero-order valence-electron chi connectivity index (χ0n) is 17.3. The Labute approximate surface area is 178 Å². The first-order chi connectivity index (χ1) is 14.7. The van der Waals surface area contributed by atoms with Gasteiger partial charge in [0.25, 0.3) is 0 Å². The second-order valence-corrected chi connectivity index (χ2v) is 8.04. The minimum absolute atomic E-state index is 0.0336. The maximum atomic E-state index is 13.2. The standard InChI is InChI=1S/C26H28N2O2/c29-25(13-16-27-14-7-8-15-27)28-19-23(17-21-9-3-1-4-10-21)26(30)24(20-28)18-22-11-5-2-6-12-22/h1-6,9-12,17-18H,7-8,13-16,19-20H2/b23-17-,24-18-. The average Bonchev–Trinajstić information content (AvgIpc) is 3.30. The van der Waals surface area contributed by atoms with Gasteiger partial charge in [-0.1, -0.05) is 60.7 Å². The number of ketones is 1. The van der Waals surface area contributed by atoms with Gasteiger partial charge >= 0.3 is 0 Å². The zero-order valence-corrected chi connectivity index (χ0v) is 17.3. The first kappa shape index (κ1) is 20.3. The molecule has 0 N–H and O–H groups in total. The van der Waals surface area contributed by atoms with Crippen molar-refractivity contribution in [2.24, 2.45) is 0 Å². The molecule has 0 aliphatic carbocycles. The van der Waals surface area contributed by atoms with E-state index in [2.05, 4.69) is 4.90 Å². The Balaban J connectivity index is 1.57. The summed E-state index contributed by atoms with van der Waals surface area (Å²) >= 11 is 0. The second kappa shape index (κ2) is 9.68. The molecule has 2 aromatic carbocycles. The van der Waals surface area contributed by atoms with Crippen molar-refractivity contribution in [2.75, 3.05) is 32.7 Å². The Morgan fingerprint density at radius 3 is 1.80 bits per heavy atom. The van der Waals surface area contributed by atoms with Gasteiger partial charge in [0, 0.05) is 37.2 Å². The SMILES string of the molecule is O=C1/C(=C\c2ccccc2)CN(C(=O)CCN2CCCC2)C/C1=C/c1ccccc1. The molecule has 0 saturated carbocycles. The van der Waals surface area contributed by atoms with E-state index in [0.29, 0.717) is 30.7 Å². The van der Waals surface area contributed by atoms with E-state index in [1.165, 1.54) is 12.8 Å². The van der Waals surface area contributed by atoms with Crippen molar-refractivity contribution in [1.29, 1.82) is 0 Å². The van der Waals surface area contributed by atoms with Crippen LogP contribution in [0.5, 0.6) is 0 Å². The summed E-state index contributed by atoms with van der Waals surface area (Å²) in [5, 5.41) is 0.